The molecule has 0 aliphatic heterocycles. The molecule has 1 aromatic heterocycles. The van der Waals surface area contributed by atoms with E-state index >= 15 is 0 Å². The van der Waals surface area contributed by atoms with Gasteiger partial charge in [0.15, 0.2) is 0 Å². The lowest BCUT2D eigenvalue weighted by Gasteiger charge is -2.17. The number of methoxy groups -OCH3 is 1. The Morgan fingerprint density at radius 2 is 1.85 bits per heavy atom. The number of ether oxygens (including phenoxy) is 1. The maximum atomic E-state index is 12.6. The highest BCUT2D eigenvalue weighted by Gasteiger charge is 2.18. The van der Waals surface area contributed by atoms with Gasteiger partial charge in [0.25, 0.3) is 5.91 Å². The number of nitrogens with one attached hydrogen (secondary N) is 2. The summed E-state index contributed by atoms with van der Waals surface area (Å²) in [6.45, 7) is 2.46. The van der Waals surface area contributed by atoms with E-state index in [0.717, 1.165) is 24.2 Å². The predicted molar refractivity (Wildman–Crippen MR) is 106 cm³/mol. The minimum atomic E-state index is -0.0684. The highest BCUT2D eigenvalue weighted by Crippen LogP contribution is 2.18. The maximum absolute atomic E-state index is 12.6. The predicted octanol–water partition coefficient (Wildman–Crippen LogP) is 3.86. The van der Waals surface area contributed by atoms with Gasteiger partial charge in [-0.3, -0.25) is 4.79 Å². The molecule has 3 rings (SSSR count). The Morgan fingerprint density at radius 3 is 2.48 bits per heavy atom. The van der Waals surface area contributed by atoms with Crippen molar-refractivity contribution in [3.63, 3.8) is 0 Å². The summed E-state index contributed by atoms with van der Waals surface area (Å²) in [6.07, 6.45) is 8.65. The van der Waals surface area contributed by atoms with E-state index in [1.165, 1.54) is 25.7 Å². The normalized spacial score (nSPS) is 15.0. The van der Waals surface area contributed by atoms with E-state index in [2.05, 4.69) is 20.6 Å². The van der Waals surface area contributed by atoms with Gasteiger partial charge in [-0.15, -0.1) is 0 Å². The molecule has 1 aromatic carbocycles. The van der Waals surface area contributed by atoms with E-state index in [1.807, 2.05) is 31.2 Å². The first-order chi connectivity index (χ1) is 13.2. The third-order valence-electron chi connectivity index (χ3n) is 5.02. The Balaban J connectivity index is 1.58. The molecule has 1 heterocycles. The molecule has 0 saturated heterocycles. The van der Waals surface area contributed by atoms with Crippen LogP contribution in [0.1, 0.15) is 60.1 Å². The third-order valence-corrected chi connectivity index (χ3v) is 5.02. The number of hydrogen-bond acceptors (Lipinski definition) is 5. The van der Waals surface area contributed by atoms with Gasteiger partial charge in [-0.05, 0) is 37.5 Å². The average molecular weight is 368 g/mol. The molecule has 27 heavy (non-hydrogen) atoms. The van der Waals surface area contributed by atoms with Gasteiger partial charge < -0.3 is 15.4 Å². The number of aryl methyl sites for hydroxylation is 1. The number of carbonyl (C=O) groups excluding carboxylic acids is 1. The van der Waals surface area contributed by atoms with E-state index in [4.69, 9.17) is 4.74 Å². The SMILES string of the molecule is COc1ccc(CNc2ncc(C(=O)NC3CCCCCC3)c(C)n2)cc1. The van der Waals surface area contributed by atoms with Crippen molar-refractivity contribution in [2.24, 2.45) is 0 Å². The highest BCUT2D eigenvalue weighted by molar-refractivity contribution is 5.95. The summed E-state index contributed by atoms with van der Waals surface area (Å²) in [5, 5.41) is 6.35. The lowest BCUT2D eigenvalue weighted by molar-refractivity contribution is 0.0932. The van der Waals surface area contributed by atoms with Crippen molar-refractivity contribution in [1.82, 2.24) is 15.3 Å². The fourth-order valence-corrected chi connectivity index (χ4v) is 3.39. The van der Waals surface area contributed by atoms with E-state index in [9.17, 15) is 4.79 Å². The number of benzene rings is 1. The third kappa shape index (κ3) is 5.42. The summed E-state index contributed by atoms with van der Waals surface area (Å²) in [5.41, 5.74) is 2.34. The van der Waals surface area contributed by atoms with Gasteiger partial charge in [0, 0.05) is 18.8 Å². The molecule has 6 nitrogen and oxygen atoms in total. The molecule has 1 saturated carbocycles. The fourth-order valence-electron chi connectivity index (χ4n) is 3.39. The molecule has 1 amide bonds. The number of anilines is 1. The summed E-state index contributed by atoms with van der Waals surface area (Å²) in [5.74, 6) is 1.28. The Kier molecular flexibility index (Phi) is 6.63. The number of hydrogen-bond donors (Lipinski definition) is 2. The molecule has 1 aliphatic rings. The second-order valence-electron chi connectivity index (χ2n) is 7.06. The first kappa shape index (κ1) is 19.1. The van der Waals surface area contributed by atoms with Crippen LogP contribution in [-0.2, 0) is 6.54 Å². The van der Waals surface area contributed by atoms with E-state index in [-0.39, 0.29) is 11.9 Å². The Hall–Kier alpha value is -2.63. The molecule has 2 aromatic rings. The van der Waals surface area contributed by atoms with Crippen LogP contribution in [0.4, 0.5) is 5.95 Å². The summed E-state index contributed by atoms with van der Waals surface area (Å²) in [6, 6.07) is 8.10. The van der Waals surface area contributed by atoms with Crippen molar-refractivity contribution in [1.29, 1.82) is 0 Å². The van der Waals surface area contributed by atoms with Gasteiger partial charge in [-0.1, -0.05) is 37.8 Å². The number of carbonyl (C=O) groups is 1. The van der Waals surface area contributed by atoms with Crippen molar-refractivity contribution in [2.75, 3.05) is 12.4 Å². The van der Waals surface area contributed by atoms with E-state index < -0.39 is 0 Å². The number of nitrogens with zero attached hydrogens (tertiary/aromatic N) is 2. The number of rotatable bonds is 6. The minimum Gasteiger partial charge on any atom is -0.497 e. The molecule has 0 atom stereocenters. The first-order valence-electron chi connectivity index (χ1n) is 9.67. The molecule has 0 unspecified atom stereocenters. The molecule has 1 fully saturated rings. The van der Waals surface area contributed by atoms with Crippen molar-refractivity contribution in [3.8, 4) is 5.75 Å². The lowest BCUT2D eigenvalue weighted by atomic mass is 10.1. The fraction of sp³-hybridized carbons (Fsp3) is 0.476. The van der Waals surface area contributed by atoms with Gasteiger partial charge in [-0.2, -0.15) is 0 Å². The van der Waals surface area contributed by atoms with Crippen LogP contribution < -0.4 is 15.4 Å². The smallest absolute Gasteiger partial charge is 0.254 e. The van der Waals surface area contributed by atoms with Crippen LogP contribution in [0.15, 0.2) is 30.5 Å². The summed E-state index contributed by atoms with van der Waals surface area (Å²) >= 11 is 0. The van der Waals surface area contributed by atoms with Crippen molar-refractivity contribution in [3.05, 3.63) is 47.3 Å². The summed E-state index contributed by atoms with van der Waals surface area (Å²) < 4.78 is 5.16. The maximum Gasteiger partial charge on any atom is 0.254 e. The Bertz CT molecular complexity index is 753. The molecule has 0 spiro atoms. The highest BCUT2D eigenvalue weighted by atomic mass is 16.5. The van der Waals surface area contributed by atoms with Crippen LogP contribution >= 0.6 is 0 Å². The number of amides is 1. The quantitative estimate of drug-likeness (QED) is 0.757. The standard InChI is InChI=1S/C21H28N4O2/c1-15-19(20(26)25-17-7-5-3-4-6-8-17)14-23-21(24-15)22-13-16-9-11-18(27-2)12-10-16/h9-12,14,17H,3-8,13H2,1-2H3,(H,25,26)(H,22,23,24). The monoisotopic (exact) mass is 368 g/mol. The largest absolute Gasteiger partial charge is 0.497 e. The van der Waals surface area contributed by atoms with Crippen LogP contribution in [0, 0.1) is 6.92 Å². The van der Waals surface area contributed by atoms with Gasteiger partial charge in [-0.25, -0.2) is 9.97 Å². The molecular weight excluding hydrogens is 340 g/mol. The average Bonchev–Trinajstić information content (AvgIpc) is 2.95. The van der Waals surface area contributed by atoms with Crippen molar-refractivity contribution in [2.45, 2.75) is 58.0 Å². The summed E-state index contributed by atoms with van der Waals surface area (Å²) in [4.78, 5) is 21.3. The second-order valence-corrected chi connectivity index (χ2v) is 7.06. The van der Waals surface area contributed by atoms with Gasteiger partial charge in [0.2, 0.25) is 5.95 Å². The number of aromatic nitrogens is 2. The zero-order chi connectivity index (χ0) is 19.1. The van der Waals surface area contributed by atoms with Crippen LogP contribution in [0.25, 0.3) is 0 Å². The molecule has 2 N–H and O–H groups in total. The molecule has 0 radical (unpaired) electrons. The second kappa shape index (κ2) is 9.35. The molecule has 0 bridgehead atoms. The zero-order valence-corrected chi connectivity index (χ0v) is 16.1. The van der Waals surface area contributed by atoms with Gasteiger partial charge in [0.1, 0.15) is 5.75 Å². The van der Waals surface area contributed by atoms with Gasteiger partial charge in [0.05, 0.1) is 18.4 Å². The van der Waals surface area contributed by atoms with Crippen molar-refractivity contribution < 1.29 is 9.53 Å². The zero-order valence-electron chi connectivity index (χ0n) is 16.1. The van der Waals surface area contributed by atoms with Crippen LogP contribution in [0.5, 0.6) is 5.75 Å². The molecule has 6 heteroatoms. The van der Waals surface area contributed by atoms with Crippen molar-refractivity contribution >= 4 is 11.9 Å². The Labute approximate surface area is 160 Å². The van der Waals surface area contributed by atoms with Crippen LogP contribution in [-0.4, -0.2) is 29.0 Å². The summed E-state index contributed by atoms with van der Waals surface area (Å²) in [7, 11) is 1.65. The Morgan fingerprint density at radius 1 is 1.15 bits per heavy atom. The molecule has 1 aliphatic carbocycles. The minimum absolute atomic E-state index is 0.0684. The van der Waals surface area contributed by atoms with Crippen LogP contribution in [0.2, 0.25) is 0 Å². The molecule has 144 valence electrons. The van der Waals surface area contributed by atoms with E-state index in [0.29, 0.717) is 23.8 Å². The first-order valence-corrected chi connectivity index (χ1v) is 9.67. The topological polar surface area (TPSA) is 76.1 Å². The molecular formula is C21H28N4O2. The van der Waals surface area contributed by atoms with Gasteiger partial charge >= 0.3 is 0 Å². The van der Waals surface area contributed by atoms with E-state index in [1.54, 1.807) is 13.3 Å². The van der Waals surface area contributed by atoms with Crippen LogP contribution in [0.3, 0.4) is 0 Å². The lowest BCUT2D eigenvalue weighted by Crippen LogP contribution is -2.35.